The van der Waals surface area contributed by atoms with E-state index in [0.717, 1.165) is 0 Å². The molecule has 0 saturated heterocycles. The van der Waals surface area contributed by atoms with Crippen LogP contribution in [0, 0.1) is 0 Å². The normalized spacial score (nSPS) is 9.86. The molecule has 1 heterocycles. The minimum Gasteiger partial charge on any atom is -0.391 e. The molecule has 0 aliphatic carbocycles. The number of aromatic nitrogens is 3. The van der Waals surface area contributed by atoms with Crippen LogP contribution in [0.1, 0.15) is 40.0 Å². The summed E-state index contributed by atoms with van der Waals surface area (Å²) in [6.07, 6.45) is 0.291. The number of esters is 3. The topological polar surface area (TPSA) is 118 Å². The van der Waals surface area contributed by atoms with Gasteiger partial charge in [0.15, 0.2) is 0 Å². The van der Waals surface area contributed by atoms with Crippen molar-refractivity contribution in [1.29, 1.82) is 0 Å². The molecule has 9 heteroatoms. The van der Waals surface area contributed by atoms with Gasteiger partial charge in [0.05, 0.1) is 0 Å². The largest absolute Gasteiger partial charge is 0.391 e. The molecule has 0 amide bonds. The monoisotopic (exact) mass is 297 g/mol. The smallest absolute Gasteiger partial charge is 0.333 e. The van der Waals surface area contributed by atoms with Crippen LogP contribution in [0.5, 0.6) is 18.0 Å². The van der Waals surface area contributed by atoms with Crippen molar-refractivity contribution in [2.75, 3.05) is 0 Å². The summed E-state index contributed by atoms with van der Waals surface area (Å²) < 4.78 is 14.4. The first-order valence-corrected chi connectivity index (χ1v) is 6.36. The molecule has 21 heavy (non-hydrogen) atoms. The molecule has 114 valence electrons. The zero-order chi connectivity index (χ0) is 15.8. The molecule has 0 aliphatic rings. The maximum absolute atomic E-state index is 11.2. The number of rotatable bonds is 6. The number of hydrogen-bond acceptors (Lipinski definition) is 9. The summed E-state index contributed by atoms with van der Waals surface area (Å²) in [6, 6.07) is -1.22. The Labute approximate surface area is 120 Å². The summed E-state index contributed by atoms with van der Waals surface area (Å²) in [5.41, 5.74) is 0. The molecule has 1 rings (SSSR count). The van der Waals surface area contributed by atoms with Crippen LogP contribution < -0.4 is 14.2 Å². The van der Waals surface area contributed by atoms with Crippen LogP contribution in [0.4, 0.5) is 0 Å². The SMILES string of the molecule is CCC(=O)Oc1nc(OC(=O)CC)nc(OC(=O)CC)n1. The van der Waals surface area contributed by atoms with E-state index in [1.54, 1.807) is 20.8 Å². The van der Waals surface area contributed by atoms with E-state index in [-0.39, 0.29) is 19.3 Å². The quantitative estimate of drug-likeness (QED) is 0.703. The molecular weight excluding hydrogens is 282 g/mol. The molecule has 9 nitrogen and oxygen atoms in total. The van der Waals surface area contributed by atoms with Gasteiger partial charge >= 0.3 is 35.9 Å². The van der Waals surface area contributed by atoms with E-state index in [2.05, 4.69) is 15.0 Å². The predicted octanol–water partition coefficient (Wildman–Crippen LogP) is 0.818. The van der Waals surface area contributed by atoms with Gasteiger partial charge in [0.2, 0.25) is 0 Å². The number of nitrogens with zero attached hydrogens (tertiary/aromatic N) is 3. The standard InChI is InChI=1S/C12H15N3O6/c1-4-7(16)19-10-13-11(20-8(17)5-2)15-12(14-10)21-9(18)6-3/h4-6H2,1-3H3. The van der Waals surface area contributed by atoms with Crippen molar-refractivity contribution in [3.63, 3.8) is 0 Å². The zero-order valence-electron chi connectivity index (χ0n) is 11.9. The fourth-order valence-electron chi connectivity index (χ4n) is 0.979. The van der Waals surface area contributed by atoms with Gasteiger partial charge in [0.1, 0.15) is 0 Å². The lowest BCUT2D eigenvalue weighted by molar-refractivity contribution is -0.134. The Morgan fingerprint density at radius 1 is 0.667 bits per heavy atom. The molecule has 0 fully saturated rings. The minimum atomic E-state index is -0.596. The third-order valence-electron chi connectivity index (χ3n) is 2.06. The summed E-state index contributed by atoms with van der Waals surface area (Å²) in [5, 5.41) is 0. The molecule has 0 radical (unpaired) electrons. The van der Waals surface area contributed by atoms with E-state index in [9.17, 15) is 14.4 Å². The van der Waals surface area contributed by atoms with Crippen LogP contribution in [-0.2, 0) is 14.4 Å². The maximum Gasteiger partial charge on any atom is 0.333 e. The highest BCUT2D eigenvalue weighted by Gasteiger charge is 2.16. The van der Waals surface area contributed by atoms with E-state index >= 15 is 0 Å². The number of carbonyl (C=O) groups excluding carboxylic acids is 3. The molecule has 0 aliphatic heterocycles. The summed E-state index contributed by atoms with van der Waals surface area (Å²) in [4.78, 5) is 44.6. The second kappa shape index (κ2) is 7.88. The average Bonchev–Trinajstić information content (AvgIpc) is 2.46. The Morgan fingerprint density at radius 3 is 1.10 bits per heavy atom. The van der Waals surface area contributed by atoms with Crippen LogP contribution in [0.25, 0.3) is 0 Å². The molecular formula is C12H15N3O6. The molecule has 0 bridgehead atoms. The third-order valence-corrected chi connectivity index (χ3v) is 2.06. The molecule has 1 aromatic rings. The Balaban J connectivity index is 3.03. The van der Waals surface area contributed by atoms with Gasteiger partial charge in [0, 0.05) is 19.3 Å². The second-order valence-electron chi connectivity index (χ2n) is 3.67. The van der Waals surface area contributed by atoms with Crippen LogP contribution in [0.3, 0.4) is 0 Å². The van der Waals surface area contributed by atoms with Crippen LogP contribution in [-0.4, -0.2) is 32.9 Å². The van der Waals surface area contributed by atoms with Crippen molar-refractivity contribution in [3.05, 3.63) is 0 Å². The predicted molar refractivity (Wildman–Crippen MR) is 67.6 cm³/mol. The fourth-order valence-corrected chi connectivity index (χ4v) is 0.979. The summed E-state index contributed by atoms with van der Waals surface area (Å²) >= 11 is 0. The highest BCUT2D eigenvalue weighted by atomic mass is 16.6. The van der Waals surface area contributed by atoms with Crippen LogP contribution in [0.15, 0.2) is 0 Å². The van der Waals surface area contributed by atoms with E-state index in [0.29, 0.717) is 0 Å². The van der Waals surface area contributed by atoms with Gasteiger partial charge in [0.25, 0.3) is 0 Å². The number of ether oxygens (including phenoxy) is 3. The highest BCUT2D eigenvalue weighted by Crippen LogP contribution is 2.16. The minimum absolute atomic E-state index is 0.0971. The van der Waals surface area contributed by atoms with Gasteiger partial charge in [-0.05, 0) is 0 Å². The Kier molecular flexibility index (Phi) is 6.18. The second-order valence-corrected chi connectivity index (χ2v) is 3.67. The average molecular weight is 297 g/mol. The van der Waals surface area contributed by atoms with Crippen LogP contribution in [0.2, 0.25) is 0 Å². The van der Waals surface area contributed by atoms with Gasteiger partial charge in [-0.3, -0.25) is 14.4 Å². The van der Waals surface area contributed by atoms with Gasteiger partial charge in [-0.25, -0.2) is 0 Å². The van der Waals surface area contributed by atoms with Gasteiger partial charge in [-0.1, -0.05) is 20.8 Å². The molecule has 0 N–H and O–H groups in total. The zero-order valence-corrected chi connectivity index (χ0v) is 11.9. The van der Waals surface area contributed by atoms with Crippen molar-refractivity contribution in [2.24, 2.45) is 0 Å². The summed E-state index contributed by atoms with van der Waals surface area (Å²) in [6.45, 7) is 4.75. The Hall–Kier alpha value is -2.58. The third kappa shape index (κ3) is 5.51. The lowest BCUT2D eigenvalue weighted by atomic mass is 10.5. The Bertz CT molecular complexity index is 457. The summed E-state index contributed by atoms with van der Waals surface area (Å²) in [5.74, 6) is -1.79. The van der Waals surface area contributed by atoms with Crippen molar-refractivity contribution < 1.29 is 28.6 Å². The van der Waals surface area contributed by atoms with E-state index in [1.807, 2.05) is 0 Å². The molecule has 0 aromatic carbocycles. The van der Waals surface area contributed by atoms with Gasteiger partial charge < -0.3 is 14.2 Å². The molecule has 0 saturated carbocycles. The lowest BCUT2D eigenvalue weighted by Crippen LogP contribution is -2.15. The number of hydrogen-bond donors (Lipinski definition) is 0. The van der Waals surface area contributed by atoms with E-state index in [4.69, 9.17) is 14.2 Å². The number of carbonyl (C=O) groups is 3. The Morgan fingerprint density at radius 2 is 0.905 bits per heavy atom. The van der Waals surface area contributed by atoms with Crippen molar-refractivity contribution in [2.45, 2.75) is 40.0 Å². The molecule has 0 spiro atoms. The first kappa shape index (κ1) is 16.5. The van der Waals surface area contributed by atoms with Crippen LogP contribution >= 0.6 is 0 Å². The molecule has 0 unspecified atom stereocenters. The van der Waals surface area contributed by atoms with Crippen molar-refractivity contribution in [1.82, 2.24) is 15.0 Å². The van der Waals surface area contributed by atoms with E-state index < -0.39 is 35.9 Å². The highest BCUT2D eigenvalue weighted by molar-refractivity contribution is 5.72. The van der Waals surface area contributed by atoms with Crippen molar-refractivity contribution in [3.8, 4) is 18.0 Å². The van der Waals surface area contributed by atoms with E-state index in [1.165, 1.54) is 0 Å². The van der Waals surface area contributed by atoms with Gasteiger partial charge in [-0.15, -0.1) is 15.0 Å². The maximum atomic E-state index is 11.2. The first-order chi connectivity index (χ1) is 9.98. The molecule has 1 aromatic heterocycles. The van der Waals surface area contributed by atoms with Crippen molar-refractivity contribution >= 4 is 17.9 Å². The fraction of sp³-hybridized carbons (Fsp3) is 0.500. The van der Waals surface area contributed by atoms with Gasteiger partial charge in [-0.2, -0.15) is 0 Å². The first-order valence-electron chi connectivity index (χ1n) is 6.36. The summed E-state index contributed by atoms with van der Waals surface area (Å²) in [7, 11) is 0. The lowest BCUT2D eigenvalue weighted by Gasteiger charge is -2.06. The molecule has 0 atom stereocenters.